The second kappa shape index (κ2) is 3.72. The minimum Gasteiger partial charge on any atom is -0.362 e. The Morgan fingerprint density at radius 3 is 2.67 bits per heavy atom. The Kier molecular flexibility index (Phi) is 2.68. The van der Waals surface area contributed by atoms with E-state index in [2.05, 4.69) is 9.97 Å². The topological polar surface area (TPSA) is 29.0 Å². The van der Waals surface area contributed by atoms with E-state index < -0.39 is 5.92 Å². The number of aromatic nitrogens is 2. The summed E-state index contributed by atoms with van der Waals surface area (Å²) in [6, 6.07) is 0. The molecule has 0 aromatic carbocycles. The van der Waals surface area contributed by atoms with Gasteiger partial charge in [-0.1, -0.05) is 11.6 Å². The quantitative estimate of drug-likeness (QED) is 0.569. The molecule has 2 rings (SSSR count). The molecule has 1 aromatic heterocycles. The van der Waals surface area contributed by atoms with Crippen LogP contribution in [0.5, 0.6) is 0 Å². The van der Waals surface area contributed by atoms with Crippen molar-refractivity contribution < 1.29 is 8.78 Å². The lowest BCUT2D eigenvalue weighted by Crippen LogP contribution is -2.25. The van der Waals surface area contributed by atoms with Crippen LogP contribution in [0.25, 0.3) is 0 Å². The van der Waals surface area contributed by atoms with Gasteiger partial charge in [-0.3, -0.25) is 0 Å². The molecule has 0 N–H and O–H groups in total. The van der Waals surface area contributed by atoms with E-state index in [0.29, 0.717) is 5.69 Å². The lowest BCUT2D eigenvalue weighted by Gasteiger charge is -2.18. The fourth-order valence-electron chi connectivity index (χ4n) is 1.49. The van der Waals surface area contributed by atoms with Crippen molar-refractivity contribution in [3.8, 4) is 0 Å². The Labute approximate surface area is 95.0 Å². The van der Waals surface area contributed by atoms with Crippen LogP contribution in [0.1, 0.15) is 6.42 Å². The van der Waals surface area contributed by atoms with E-state index in [9.17, 15) is 8.78 Å². The molecule has 0 bridgehead atoms. The van der Waals surface area contributed by atoms with Gasteiger partial charge in [0.1, 0.15) is 0 Å². The van der Waals surface area contributed by atoms with Crippen molar-refractivity contribution in [2.75, 3.05) is 18.0 Å². The van der Waals surface area contributed by atoms with E-state index in [1.165, 1.54) is 11.1 Å². The molecule has 1 aromatic rings. The van der Waals surface area contributed by atoms with Gasteiger partial charge < -0.3 is 4.90 Å². The van der Waals surface area contributed by atoms with Crippen molar-refractivity contribution in [1.82, 2.24) is 9.97 Å². The third-order valence-corrected chi connectivity index (χ3v) is 2.67. The molecule has 0 amide bonds. The van der Waals surface area contributed by atoms with Crippen LogP contribution in [0.4, 0.5) is 14.5 Å². The van der Waals surface area contributed by atoms with E-state index in [4.69, 9.17) is 23.2 Å². The fourth-order valence-corrected chi connectivity index (χ4v) is 1.91. The minimum atomic E-state index is -2.66. The van der Waals surface area contributed by atoms with Crippen molar-refractivity contribution in [2.24, 2.45) is 0 Å². The molecule has 0 spiro atoms. The maximum absolute atomic E-state index is 12.9. The van der Waals surface area contributed by atoms with E-state index >= 15 is 0 Å². The summed E-state index contributed by atoms with van der Waals surface area (Å²) in [5.74, 6) is -2.66. The smallest absolute Gasteiger partial charge is 0.266 e. The predicted molar refractivity (Wildman–Crippen MR) is 53.8 cm³/mol. The zero-order valence-corrected chi connectivity index (χ0v) is 9.06. The molecular weight excluding hydrogens is 247 g/mol. The highest BCUT2D eigenvalue weighted by Gasteiger charge is 2.39. The molecular formula is C8H7Cl2F2N3. The average molecular weight is 254 g/mol. The van der Waals surface area contributed by atoms with E-state index in [-0.39, 0.29) is 29.9 Å². The summed E-state index contributed by atoms with van der Waals surface area (Å²) >= 11 is 11.3. The van der Waals surface area contributed by atoms with Gasteiger partial charge in [-0.2, -0.15) is 0 Å². The summed E-state index contributed by atoms with van der Waals surface area (Å²) in [5, 5.41) is 0.113. The van der Waals surface area contributed by atoms with Crippen LogP contribution >= 0.6 is 23.2 Å². The van der Waals surface area contributed by atoms with Gasteiger partial charge in [0.25, 0.3) is 5.92 Å². The van der Waals surface area contributed by atoms with Crippen LogP contribution < -0.4 is 4.90 Å². The molecule has 1 fully saturated rings. The minimum absolute atomic E-state index is 0.00899. The molecule has 1 aliphatic rings. The lowest BCUT2D eigenvalue weighted by molar-refractivity contribution is 0.0257. The highest BCUT2D eigenvalue weighted by Crippen LogP contribution is 2.33. The van der Waals surface area contributed by atoms with Gasteiger partial charge in [-0.15, -0.1) is 0 Å². The third kappa shape index (κ3) is 2.29. The van der Waals surface area contributed by atoms with Gasteiger partial charge in [0.15, 0.2) is 5.15 Å². The monoisotopic (exact) mass is 253 g/mol. The first-order chi connectivity index (χ1) is 6.98. The van der Waals surface area contributed by atoms with Crippen molar-refractivity contribution in [2.45, 2.75) is 12.3 Å². The second-order valence-electron chi connectivity index (χ2n) is 3.34. The van der Waals surface area contributed by atoms with Gasteiger partial charge >= 0.3 is 0 Å². The van der Waals surface area contributed by atoms with Crippen molar-refractivity contribution in [1.29, 1.82) is 0 Å². The lowest BCUT2D eigenvalue weighted by atomic mass is 10.3. The number of nitrogens with zero attached hydrogens (tertiary/aromatic N) is 3. The highest BCUT2D eigenvalue weighted by molar-refractivity contribution is 6.33. The Morgan fingerprint density at radius 1 is 1.40 bits per heavy atom. The van der Waals surface area contributed by atoms with Crippen LogP contribution in [0.15, 0.2) is 6.20 Å². The van der Waals surface area contributed by atoms with Crippen molar-refractivity contribution in [3.63, 3.8) is 0 Å². The Hall–Kier alpha value is -0.680. The second-order valence-corrected chi connectivity index (χ2v) is 4.04. The molecule has 1 saturated heterocycles. The zero-order valence-electron chi connectivity index (χ0n) is 7.55. The normalized spacial score (nSPS) is 19.6. The average Bonchev–Trinajstić information content (AvgIpc) is 2.46. The Bertz CT molecular complexity index is 386. The molecule has 7 heteroatoms. The first-order valence-corrected chi connectivity index (χ1v) is 5.04. The van der Waals surface area contributed by atoms with Crippen LogP contribution in [0.3, 0.4) is 0 Å². The van der Waals surface area contributed by atoms with Gasteiger partial charge in [-0.25, -0.2) is 18.7 Å². The molecule has 15 heavy (non-hydrogen) atoms. The van der Waals surface area contributed by atoms with Gasteiger partial charge in [0, 0.05) is 13.0 Å². The Balaban J connectivity index is 2.24. The summed E-state index contributed by atoms with van der Waals surface area (Å²) in [7, 11) is 0. The van der Waals surface area contributed by atoms with Crippen LogP contribution in [-0.2, 0) is 0 Å². The molecule has 0 radical (unpaired) electrons. The molecule has 1 aliphatic heterocycles. The highest BCUT2D eigenvalue weighted by atomic mass is 35.5. The molecule has 0 unspecified atom stereocenters. The van der Waals surface area contributed by atoms with Crippen LogP contribution in [-0.4, -0.2) is 29.0 Å². The van der Waals surface area contributed by atoms with Gasteiger partial charge in [-0.05, 0) is 11.6 Å². The summed E-state index contributed by atoms with van der Waals surface area (Å²) < 4.78 is 25.9. The SMILES string of the molecule is FC1(F)CCN(c2cnc(Cl)nc2Cl)C1. The number of hydrogen-bond donors (Lipinski definition) is 0. The molecule has 82 valence electrons. The van der Waals surface area contributed by atoms with E-state index in [0.717, 1.165) is 0 Å². The number of hydrogen-bond acceptors (Lipinski definition) is 3. The van der Waals surface area contributed by atoms with E-state index in [1.807, 2.05) is 0 Å². The Morgan fingerprint density at radius 2 is 2.13 bits per heavy atom. The van der Waals surface area contributed by atoms with Crippen LogP contribution in [0, 0.1) is 0 Å². The third-order valence-electron chi connectivity index (χ3n) is 2.21. The summed E-state index contributed by atoms with van der Waals surface area (Å²) in [5.41, 5.74) is 0.401. The molecule has 0 aliphatic carbocycles. The fraction of sp³-hybridized carbons (Fsp3) is 0.500. The number of alkyl halides is 2. The first-order valence-electron chi connectivity index (χ1n) is 4.29. The molecule has 0 saturated carbocycles. The largest absolute Gasteiger partial charge is 0.362 e. The summed E-state index contributed by atoms with van der Waals surface area (Å²) in [4.78, 5) is 8.87. The van der Waals surface area contributed by atoms with Crippen molar-refractivity contribution in [3.05, 3.63) is 16.6 Å². The summed E-state index contributed by atoms with van der Waals surface area (Å²) in [6.45, 7) is -0.102. The van der Waals surface area contributed by atoms with Gasteiger partial charge in [0.05, 0.1) is 18.4 Å². The predicted octanol–water partition coefficient (Wildman–Crippen LogP) is 2.63. The number of anilines is 1. The summed E-state index contributed by atoms with van der Waals surface area (Å²) in [6.07, 6.45) is 1.19. The maximum atomic E-state index is 12.9. The number of rotatable bonds is 1. The molecule has 0 atom stereocenters. The molecule has 2 heterocycles. The van der Waals surface area contributed by atoms with Gasteiger partial charge in [0.2, 0.25) is 5.28 Å². The van der Waals surface area contributed by atoms with E-state index in [1.54, 1.807) is 0 Å². The van der Waals surface area contributed by atoms with Crippen LogP contribution in [0.2, 0.25) is 10.4 Å². The standard InChI is InChI=1S/C8H7Cl2F2N3/c9-6-5(3-13-7(10)14-6)15-2-1-8(11,12)4-15/h3H,1-2,4H2. The first kappa shape index (κ1) is 10.8. The molecule has 3 nitrogen and oxygen atoms in total. The maximum Gasteiger partial charge on any atom is 0.266 e. The zero-order chi connectivity index (χ0) is 11.1. The van der Waals surface area contributed by atoms with Crippen molar-refractivity contribution >= 4 is 28.9 Å². The number of halogens is 4.